The van der Waals surface area contributed by atoms with Crippen LogP contribution in [0.2, 0.25) is 0 Å². The van der Waals surface area contributed by atoms with Crippen LogP contribution >= 0.6 is 0 Å². The minimum absolute atomic E-state index is 0.00276. The van der Waals surface area contributed by atoms with Gasteiger partial charge in [-0.1, -0.05) is 6.92 Å². The Kier molecular flexibility index (Phi) is 3.50. The average Bonchev–Trinajstić information content (AvgIpc) is 2.68. The van der Waals surface area contributed by atoms with E-state index in [-0.39, 0.29) is 17.6 Å². The Morgan fingerprint density at radius 1 is 1.56 bits per heavy atom. The molecular weight excluding hydrogens is 230 g/mol. The first kappa shape index (κ1) is 12.8. The number of piperidine rings is 1. The molecule has 0 radical (unpaired) electrons. The maximum atomic E-state index is 12.4. The Labute approximate surface area is 107 Å². The van der Waals surface area contributed by atoms with Crippen LogP contribution in [0.15, 0.2) is 6.07 Å². The van der Waals surface area contributed by atoms with E-state index in [1.807, 2.05) is 13.8 Å². The van der Waals surface area contributed by atoms with Crippen LogP contribution in [0.25, 0.3) is 0 Å². The van der Waals surface area contributed by atoms with Gasteiger partial charge >= 0.3 is 0 Å². The van der Waals surface area contributed by atoms with Crippen LogP contribution in [0.4, 0.5) is 0 Å². The quantitative estimate of drug-likeness (QED) is 0.790. The molecule has 1 fully saturated rings. The minimum atomic E-state index is -0.0240. The van der Waals surface area contributed by atoms with Gasteiger partial charge in [-0.05, 0) is 19.4 Å². The number of rotatable bonds is 2. The zero-order valence-electron chi connectivity index (χ0n) is 11.1. The predicted octanol–water partition coefficient (Wildman–Crippen LogP) is 1.17. The molecule has 2 heterocycles. The van der Waals surface area contributed by atoms with E-state index in [2.05, 4.69) is 5.10 Å². The summed E-state index contributed by atoms with van der Waals surface area (Å²) in [5, 5.41) is 4.18. The number of hydrogen-bond donors (Lipinski definition) is 0. The Morgan fingerprint density at radius 2 is 2.28 bits per heavy atom. The molecule has 1 unspecified atom stereocenters. The number of amides is 1. The van der Waals surface area contributed by atoms with Crippen LogP contribution in [0, 0.1) is 12.8 Å². The van der Waals surface area contributed by atoms with Crippen molar-refractivity contribution < 1.29 is 9.59 Å². The molecule has 1 amide bonds. The lowest BCUT2D eigenvalue weighted by molar-refractivity contribution is -0.125. The largest absolute Gasteiger partial charge is 0.336 e. The monoisotopic (exact) mass is 249 g/mol. The second kappa shape index (κ2) is 4.92. The van der Waals surface area contributed by atoms with E-state index in [0.717, 1.165) is 12.1 Å². The van der Waals surface area contributed by atoms with E-state index >= 15 is 0 Å². The van der Waals surface area contributed by atoms with Gasteiger partial charge in [-0.3, -0.25) is 14.3 Å². The Morgan fingerprint density at radius 3 is 2.83 bits per heavy atom. The molecule has 98 valence electrons. The number of carbonyl (C=O) groups is 2. The lowest BCUT2D eigenvalue weighted by atomic mass is 9.94. The lowest BCUT2D eigenvalue weighted by Gasteiger charge is -2.31. The van der Waals surface area contributed by atoms with E-state index in [9.17, 15) is 9.59 Å². The van der Waals surface area contributed by atoms with Crippen LogP contribution in [0.3, 0.4) is 0 Å². The van der Waals surface area contributed by atoms with E-state index in [1.54, 1.807) is 22.7 Å². The highest BCUT2D eigenvalue weighted by molar-refractivity contribution is 5.94. The van der Waals surface area contributed by atoms with Gasteiger partial charge in [0.2, 0.25) is 0 Å². The molecule has 0 bridgehead atoms. The third kappa shape index (κ3) is 2.30. The molecule has 18 heavy (non-hydrogen) atoms. The smallest absolute Gasteiger partial charge is 0.272 e. The highest BCUT2D eigenvalue weighted by Gasteiger charge is 2.30. The number of likely N-dealkylation sites (tertiary alicyclic amines) is 1. The summed E-state index contributed by atoms with van der Waals surface area (Å²) in [5.41, 5.74) is 1.43. The van der Waals surface area contributed by atoms with Gasteiger partial charge < -0.3 is 4.90 Å². The van der Waals surface area contributed by atoms with Crippen molar-refractivity contribution in [1.82, 2.24) is 14.7 Å². The molecule has 1 aromatic heterocycles. The summed E-state index contributed by atoms with van der Waals surface area (Å²) < 4.78 is 1.61. The first-order chi connectivity index (χ1) is 8.52. The zero-order valence-corrected chi connectivity index (χ0v) is 11.1. The van der Waals surface area contributed by atoms with Crippen LogP contribution in [-0.2, 0) is 11.8 Å². The normalized spacial score (nSPS) is 20.3. The number of ketones is 1. The first-order valence-electron chi connectivity index (χ1n) is 6.35. The maximum absolute atomic E-state index is 12.4. The van der Waals surface area contributed by atoms with Crippen LogP contribution in [0.5, 0.6) is 0 Å². The van der Waals surface area contributed by atoms with Crippen molar-refractivity contribution in [3.8, 4) is 0 Å². The highest BCUT2D eigenvalue weighted by atomic mass is 16.2. The molecule has 1 saturated heterocycles. The van der Waals surface area contributed by atoms with Gasteiger partial charge in [-0.2, -0.15) is 5.10 Å². The summed E-state index contributed by atoms with van der Waals surface area (Å²) in [6.07, 6.45) is 1.27. The Balaban J connectivity index is 2.15. The van der Waals surface area contributed by atoms with Gasteiger partial charge in [0.05, 0.1) is 5.69 Å². The standard InChI is InChI=1S/C13H19N3O2/c1-4-10-8-16(6-5-12(10)17)13(18)11-7-9(2)14-15(11)3/h7,10H,4-6,8H2,1-3H3. The Bertz CT molecular complexity index is 479. The molecule has 0 N–H and O–H groups in total. The van der Waals surface area contributed by atoms with Crippen molar-refractivity contribution in [2.45, 2.75) is 26.7 Å². The SMILES string of the molecule is CCC1CN(C(=O)c2cc(C)nn2C)CCC1=O. The fraction of sp³-hybridized carbons (Fsp3) is 0.615. The molecule has 0 aromatic carbocycles. The summed E-state index contributed by atoms with van der Waals surface area (Å²) >= 11 is 0. The summed E-state index contributed by atoms with van der Waals surface area (Å²) in [7, 11) is 1.77. The zero-order chi connectivity index (χ0) is 13.3. The number of nitrogens with zero attached hydrogens (tertiary/aromatic N) is 3. The molecule has 1 atom stereocenters. The second-order valence-electron chi connectivity index (χ2n) is 4.87. The summed E-state index contributed by atoms with van der Waals surface area (Å²) in [6.45, 7) is 4.92. The molecular formula is C13H19N3O2. The summed E-state index contributed by atoms with van der Waals surface area (Å²) in [5.74, 6) is 0.254. The van der Waals surface area contributed by atoms with Gasteiger partial charge in [0.25, 0.3) is 5.91 Å². The molecule has 1 aromatic rings. The van der Waals surface area contributed by atoms with Gasteiger partial charge in [0.1, 0.15) is 11.5 Å². The molecule has 0 aliphatic carbocycles. The van der Waals surface area contributed by atoms with Crippen LogP contribution in [0.1, 0.15) is 35.9 Å². The van der Waals surface area contributed by atoms with Gasteiger partial charge in [0, 0.05) is 32.5 Å². The molecule has 5 heteroatoms. The van der Waals surface area contributed by atoms with E-state index in [4.69, 9.17) is 0 Å². The number of aromatic nitrogens is 2. The van der Waals surface area contributed by atoms with E-state index < -0.39 is 0 Å². The van der Waals surface area contributed by atoms with E-state index in [1.165, 1.54) is 0 Å². The van der Waals surface area contributed by atoms with Crippen molar-refractivity contribution in [3.05, 3.63) is 17.5 Å². The number of aryl methyl sites for hydroxylation is 2. The predicted molar refractivity (Wildman–Crippen MR) is 67.3 cm³/mol. The lowest BCUT2D eigenvalue weighted by Crippen LogP contribution is -2.44. The van der Waals surface area contributed by atoms with Crippen molar-refractivity contribution >= 4 is 11.7 Å². The van der Waals surface area contributed by atoms with Gasteiger partial charge in [0.15, 0.2) is 0 Å². The van der Waals surface area contributed by atoms with Gasteiger partial charge in [-0.15, -0.1) is 0 Å². The fourth-order valence-electron chi connectivity index (χ4n) is 2.42. The van der Waals surface area contributed by atoms with Gasteiger partial charge in [-0.25, -0.2) is 0 Å². The molecule has 2 rings (SSSR count). The van der Waals surface area contributed by atoms with Crippen molar-refractivity contribution in [2.24, 2.45) is 13.0 Å². The molecule has 1 aliphatic heterocycles. The van der Waals surface area contributed by atoms with Crippen molar-refractivity contribution in [1.29, 1.82) is 0 Å². The second-order valence-corrected chi connectivity index (χ2v) is 4.87. The fourth-order valence-corrected chi connectivity index (χ4v) is 2.42. The van der Waals surface area contributed by atoms with E-state index in [0.29, 0.717) is 25.2 Å². The maximum Gasteiger partial charge on any atom is 0.272 e. The van der Waals surface area contributed by atoms with Crippen molar-refractivity contribution in [3.63, 3.8) is 0 Å². The molecule has 1 aliphatic rings. The molecule has 5 nitrogen and oxygen atoms in total. The molecule has 0 saturated carbocycles. The number of Topliss-reactive ketones (excluding diaryl/α,β-unsaturated/α-hetero) is 1. The summed E-state index contributed by atoms with van der Waals surface area (Å²) in [6, 6.07) is 1.79. The summed E-state index contributed by atoms with van der Waals surface area (Å²) in [4.78, 5) is 25.8. The first-order valence-corrected chi connectivity index (χ1v) is 6.35. The highest BCUT2D eigenvalue weighted by Crippen LogP contribution is 2.18. The average molecular weight is 249 g/mol. The third-order valence-corrected chi connectivity index (χ3v) is 3.53. The minimum Gasteiger partial charge on any atom is -0.336 e. The number of carbonyl (C=O) groups excluding carboxylic acids is 2. The number of hydrogen-bond acceptors (Lipinski definition) is 3. The Hall–Kier alpha value is -1.65. The third-order valence-electron chi connectivity index (χ3n) is 3.53. The van der Waals surface area contributed by atoms with Crippen LogP contribution < -0.4 is 0 Å². The van der Waals surface area contributed by atoms with Crippen molar-refractivity contribution in [2.75, 3.05) is 13.1 Å². The molecule has 0 spiro atoms. The van der Waals surface area contributed by atoms with Crippen LogP contribution in [-0.4, -0.2) is 39.5 Å². The topological polar surface area (TPSA) is 55.2 Å².